The average molecular weight is 412 g/mol. The number of H-pyrrole nitrogens is 1. The first-order chi connectivity index (χ1) is 14.0. The number of fused-ring (bicyclic) bond motifs is 1. The van der Waals surface area contributed by atoms with Gasteiger partial charge >= 0.3 is 5.97 Å². The number of thiazole rings is 1. The number of ether oxygens (including phenoxy) is 1. The van der Waals surface area contributed by atoms with Gasteiger partial charge in [0.05, 0.1) is 27.4 Å². The fraction of sp³-hybridized carbons (Fsp3) is 0.409. The van der Waals surface area contributed by atoms with Gasteiger partial charge in [0.25, 0.3) is 5.91 Å². The Morgan fingerprint density at radius 1 is 1.31 bits per heavy atom. The first-order valence-corrected chi connectivity index (χ1v) is 10.8. The van der Waals surface area contributed by atoms with Crippen molar-refractivity contribution in [1.29, 1.82) is 0 Å². The lowest BCUT2D eigenvalue weighted by atomic mass is 9.97. The normalized spacial score (nSPS) is 16.9. The molecule has 1 aliphatic heterocycles. The van der Waals surface area contributed by atoms with Crippen molar-refractivity contribution in [3.8, 4) is 0 Å². The number of benzene rings is 1. The highest BCUT2D eigenvalue weighted by Gasteiger charge is 2.31. The van der Waals surface area contributed by atoms with E-state index in [0.717, 1.165) is 29.9 Å². The number of para-hydroxylation sites is 1. The SMILES string of the molecule is CCOC(=O)c1[nH]c(C)c(C(=O)N2CCC[C@@H](c3nc4ccccc4s3)C2)c1C. The van der Waals surface area contributed by atoms with Crippen LogP contribution in [0.5, 0.6) is 0 Å². The van der Waals surface area contributed by atoms with Gasteiger partial charge in [0.15, 0.2) is 0 Å². The van der Waals surface area contributed by atoms with Crippen LogP contribution in [0, 0.1) is 13.8 Å². The third-order valence-electron chi connectivity index (χ3n) is 5.50. The molecule has 1 saturated heterocycles. The van der Waals surface area contributed by atoms with Gasteiger partial charge in [0.2, 0.25) is 0 Å². The number of aromatic nitrogens is 2. The topological polar surface area (TPSA) is 75.3 Å². The van der Waals surface area contributed by atoms with Gasteiger partial charge in [-0.1, -0.05) is 12.1 Å². The van der Waals surface area contributed by atoms with Crippen molar-refractivity contribution in [2.75, 3.05) is 19.7 Å². The summed E-state index contributed by atoms with van der Waals surface area (Å²) in [4.78, 5) is 35.2. The summed E-state index contributed by atoms with van der Waals surface area (Å²) < 4.78 is 6.29. The van der Waals surface area contributed by atoms with Crippen LogP contribution in [0.2, 0.25) is 0 Å². The first kappa shape index (κ1) is 19.6. The summed E-state index contributed by atoms with van der Waals surface area (Å²) in [5.74, 6) is -0.204. The summed E-state index contributed by atoms with van der Waals surface area (Å²) in [6, 6.07) is 8.15. The van der Waals surface area contributed by atoms with Crippen LogP contribution in [-0.2, 0) is 4.74 Å². The van der Waals surface area contributed by atoms with Gasteiger partial charge in [0, 0.05) is 24.7 Å². The molecule has 7 heteroatoms. The van der Waals surface area contributed by atoms with E-state index in [9.17, 15) is 9.59 Å². The van der Waals surface area contributed by atoms with E-state index in [2.05, 4.69) is 11.1 Å². The lowest BCUT2D eigenvalue weighted by molar-refractivity contribution is 0.0519. The number of nitrogens with one attached hydrogen (secondary N) is 1. The van der Waals surface area contributed by atoms with E-state index in [1.165, 1.54) is 4.70 Å². The van der Waals surface area contributed by atoms with E-state index in [4.69, 9.17) is 9.72 Å². The number of carbonyl (C=O) groups excluding carboxylic acids is 2. The summed E-state index contributed by atoms with van der Waals surface area (Å²) in [5, 5.41) is 1.10. The second kappa shape index (κ2) is 7.99. The van der Waals surface area contributed by atoms with E-state index in [0.29, 0.717) is 35.7 Å². The smallest absolute Gasteiger partial charge is 0.355 e. The molecule has 4 rings (SSSR count). The number of nitrogens with zero attached hydrogens (tertiary/aromatic N) is 2. The molecule has 1 atom stereocenters. The van der Waals surface area contributed by atoms with Crippen molar-refractivity contribution >= 4 is 33.4 Å². The minimum absolute atomic E-state index is 0.0300. The fourth-order valence-electron chi connectivity index (χ4n) is 4.06. The lowest BCUT2D eigenvalue weighted by Crippen LogP contribution is -2.39. The Morgan fingerprint density at radius 2 is 2.10 bits per heavy atom. The Bertz CT molecular complexity index is 1040. The maximum atomic E-state index is 13.3. The molecule has 3 heterocycles. The quantitative estimate of drug-likeness (QED) is 0.644. The number of aromatic amines is 1. The van der Waals surface area contributed by atoms with E-state index in [-0.39, 0.29) is 11.8 Å². The maximum absolute atomic E-state index is 13.3. The van der Waals surface area contributed by atoms with Crippen LogP contribution in [0.15, 0.2) is 24.3 Å². The van der Waals surface area contributed by atoms with Gasteiger partial charge in [0.1, 0.15) is 5.69 Å². The van der Waals surface area contributed by atoms with Crippen molar-refractivity contribution in [2.45, 2.75) is 39.5 Å². The average Bonchev–Trinajstić information content (AvgIpc) is 3.28. The van der Waals surface area contributed by atoms with Gasteiger partial charge in [-0.2, -0.15) is 0 Å². The van der Waals surface area contributed by atoms with Crippen LogP contribution in [0.4, 0.5) is 0 Å². The van der Waals surface area contributed by atoms with Crippen molar-refractivity contribution in [3.63, 3.8) is 0 Å². The van der Waals surface area contributed by atoms with Crippen molar-refractivity contribution in [2.24, 2.45) is 0 Å². The number of hydrogen-bond donors (Lipinski definition) is 1. The molecule has 0 aliphatic carbocycles. The number of likely N-dealkylation sites (tertiary alicyclic amines) is 1. The van der Waals surface area contributed by atoms with Crippen LogP contribution in [0.1, 0.15) is 62.8 Å². The van der Waals surface area contributed by atoms with Crippen LogP contribution >= 0.6 is 11.3 Å². The van der Waals surface area contributed by atoms with Crippen LogP contribution in [0.25, 0.3) is 10.2 Å². The van der Waals surface area contributed by atoms with Crippen LogP contribution < -0.4 is 0 Å². The summed E-state index contributed by atoms with van der Waals surface area (Å²) >= 11 is 1.72. The zero-order chi connectivity index (χ0) is 20.5. The second-order valence-corrected chi connectivity index (χ2v) is 8.52. The largest absolute Gasteiger partial charge is 0.461 e. The number of piperidine rings is 1. The number of carbonyl (C=O) groups is 2. The van der Waals surface area contributed by atoms with Crippen molar-refractivity contribution < 1.29 is 14.3 Å². The van der Waals surface area contributed by atoms with E-state index >= 15 is 0 Å². The fourth-order valence-corrected chi connectivity index (χ4v) is 5.16. The number of hydrogen-bond acceptors (Lipinski definition) is 5. The minimum Gasteiger partial charge on any atom is -0.461 e. The minimum atomic E-state index is -0.418. The highest BCUT2D eigenvalue weighted by atomic mass is 32.1. The molecule has 3 aromatic rings. The first-order valence-electron chi connectivity index (χ1n) is 10.0. The molecule has 1 aromatic carbocycles. The third kappa shape index (κ3) is 3.67. The molecule has 0 radical (unpaired) electrons. The van der Waals surface area contributed by atoms with Gasteiger partial charge in [-0.05, 0) is 51.3 Å². The number of aryl methyl sites for hydroxylation is 1. The molecule has 0 spiro atoms. The number of esters is 1. The van der Waals surface area contributed by atoms with E-state index < -0.39 is 5.97 Å². The molecular weight excluding hydrogens is 386 g/mol. The molecule has 152 valence electrons. The molecule has 0 unspecified atom stereocenters. The number of rotatable bonds is 4. The predicted molar refractivity (Wildman–Crippen MR) is 114 cm³/mol. The van der Waals surface area contributed by atoms with Gasteiger partial charge in [-0.3, -0.25) is 4.79 Å². The third-order valence-corrected chi connectivity index (χ3v) is 6.70. The van der Waals surface area contributed by atoms with Crippen molar-refractivity contribution in [3.05, 3.63) is 51.8 Å². The van der Waals surface area contributed by atoms with Gasteiger partial charge < -0.3 is 14.6 Å². The summed E-state index contributed by atoms with van der Waals surface area (Å²) in [5.41, 5.74) is 3.34. The van der Waals surface area contributed by atoms with E-state index in [1.807, 2.05) is 30.0 Å². The highest BCUT2D eigenvalue weighted by molar-refractivity contribution is 7.18. The molecule has 1 amide bonds. The summed E-state index contributed by atoms with van der Waals surface area (Å²) in [6.45, 7) is 7.08. The Labute approximate surface area is 173 Å². The monoisotopic (exact) mass is 411 g/mol. The van der Waals surface area contributed by atoms with Gasteiger partial charge in [-0.15, -0.1) is 11.3 Å². The summed E-state index contributed by atoms with van der Waals surface area (Å²) in [6.07, 6.45) is 1.97. The Hall–Kier alpha value is -2.67. The molecule has 2 aromatic heterocycles. The van der Waals surface area contributed by atoms with Crippen LogP contribution in [-0.4, -0.2) is 46.4 Å². The highest BCUT2D eigenvalue weighted by Crippen LogP contribution is 2.34. The molecule has 0 bridgehead atoms. The molecular formula is C22H25N3O3S. The van der Waals surface area contributed by atoms with Crippen molar-refractivity contribution in [1.82, 2.24) is 14.9 Å². The molecule has 1 N–H and O–H groups in total. The molecule has 29 heavy (non-hydrogen) atoms. The second-order valence-electron chi connectivity index (χ2n) is 7.46. The zero-order valence-electron chi connectivity index (χ0n) is 16.9. The lowest BCUT2D eigenvalue weighted by Gasteiger charge is -2.32. The predicted octanol–water partition coefficient (Wildman–Crippen LogP) is 4.44. The Kier molecular flexibility index (Phi) is 5.41. The molecule has 1 aliphatic rings. The standard InChI is InChI=1S/C22H25N3O3S/c1-4-28-22(27)19-13(2)18(14(3)23-19)21(26)25-11-7-8-15(12-25)20-24-16-9-5-6-10-17(16)29-20/h5-6,9-10,15,23H,4,7-8,11-12H2,1-3H3/t15-/m1/s1. The van der Waals surface area contributed by atoms with E-state index in [1.54, 1.807) is 25.2 Å². The number of amides is 1. The maximum Gasteiger partial charge on any atom is 0.355 e. The van der Waals surface area contributed by atoms with Gasteiger partial charge in [-0.25, -0.2) is 9.78 Å². The molecule has 6 nitrogen and oxygen atoms in total. The Balaban J connectivity index is 1.57. The molecule has 1 fully saturated rings. The Morgan fingerprint density at radius 3 is 2.86 bits per heavy atom. The molecule has 0 saturated carbocycles. The van der Waals surface area contributed by atoms with Crippen LogP contribution in [0.3, 0.4) is 0 Å². The summed E-state index contributed by atoms with van der Waals surface area (Å²) in [7, 11) is 0. The zero-order valence-corrected chi connectivity index (χ0v) is 17.8.